The zero-order chi connectivity index (χ0) is 61.3. The van der Waals surface area contributed by atoms with Crippen LogP contribution in [0.5, 0.6) is 0 Å². The summed E-state index contributed by atoms with van der Waals surface area (Å²) in [4.78, 5) is 24.7. The first-order valence-corrected chi connectivity index (χ1v) is 39.1. The number of unbranched alkanes of at least 4 members (excludes halogenated alkanes) is 59. The van der Waals surface area contributed by atoms with Gasteiger partial charge < -0.3 is 20.3 Å². The Balaban J connectivity index is 3.38. The van der Waals surface area contributed by atoms with Crippen molar-refractivity contribution >= 4 is 11.9 Å². The van der Waals surface area contributed by atoms with Gasteiger partial charge in [0.25, 0.3) is 0 Å². The maximum absolute atomic E-state index is 12.6. The predicted molar refractivity (Wildman–Crippen MR) is 375 cm³/mol. The lowest BCUT2D eigenvalue weighted by atomic mass is 10.0. The van der Waals surface area contributed by atoms with Crippen LogP contribution in [0, 0.1) is 0 Å². The molecule has 2 atom stereocenters. The number of amides is 1. The zero-order valence-electron chi connectivity index (χ0n) is 57.9. The van der Waals surface area contributed by atoms with E-state index < -0.39 is 12.1 Å². The largest absolute Gasteiger partial charge is 0.466 e. The number of carbonyl (C=O) groups is 2. The van der Waals surface area contributed by atoms with Crippen LogP contribution in [-0.2, 0) is 14.3 Å². The third-order valence-corrected chi connectivity index (χ3v) is 18.5. The molecule has 0 aliphatic rings. The van der Waals surface area contributed by atoms with Crippen molar-refractivity contribution in [1.82, 2.24) is 5.32 Å². The topological polar surface area (TPSA) is 95.9 Å². The SMILES string of the molecule is CCCCCCCC/C=C\CCCCCCCCCCCC(=O)OCCCCCCCCCCCCCC/C=C\CCCCCCCCCCCCC(=O)NC(CO)C(O)CCCCCCCCCCCCCCCCCCCCCCCCC. The molecule has 0 saturated carbocycles. The Morgan fingerprint density at radius 3 is 0.835 bits per heavy atom. The fourth-order valence-electron chi connectivity index (χ4n) is 12.5. The summed E-state index contributed by atoms with van der Waals surface area (Å²) in [6.07, 6.45) is 95.4. The van der Waals surface area contributed by atoms with E-state index in [-0.39, 0.29) is 18.5 Å². The minimum absolute atomic E-state index is 0.0152. The van der Waals surface area contributed by atoms with Crippen LogP contribution in [0.15, 0.2) is 24.3 Å². The lowest BCUT2D eigenvalue weighted by Gasteiger charge is -2.22. The Bertz CT molecular complexity index is 1330. The van der Waals surface area contributed by atoms with Crippen LogP contribution in [-0.4, -0.2) is 47.4 Å². The van der Waals surface area contributed by atoms with Crippen molar-refractivity contribution < 1.29 is 24.5 Å². The van der Waals surface area contributed by atoms with E-state index in [9.17, 15) is 19.8 Å². The molecule has 85 heavy (non-hydrogen) atoms. The number of allylic oxidation sites excluding steroid dienone is 4. The number of ether oxygens (including phenoxy) is 1. The molecular weight excluding hydrogens is 1040 g/mol. The van der Waals surface area contributed by atoms with Gasteiger partial charge in [-0.2, -0.15) is 0 Å². The highest BCUT2D eigenvalue weighted by Gasteiger charge is 2.20. The molecule has 0 saturated heterocycles. The highest BCUT2D eigenvalue weighted by molar-refractivity contribution is 5.76. The number of hydrogen-bond acceptors (Lipinski definition) is 5. The molecule has 0 radical (unpaired) electrons. The molecule has 6 heteroatoms. The van der Waals surface area contributed by atoms with Gasteiger partial charge in [0, 0.05) is 12.8 Å². The number of aliphatic hydroxyl groups excluding tert-OH is 2. The van der Waals surface area contributed by atoms with Gasteiger partial charge in [-0.05, 0) is 77.0 Å². The molecule has 1 amide bonds. The summed E-state index contributed by atoms with van der Waals surface area (Å²) in [6, 6.07) is -0.544. The average Bonchev–Trinajstić information content (AvgIpc) is 3.51. The minimum atomic E-state index is -0.667. The lowest BCUT2D eigenvalue weighted by molar-refractivity contribution is -0.143. The first-order chi connectivity index (χ1) is 42.0. The summed E-state index contributed by atoms with van der Waals surface area (Å²) in [7, 11) is 0. The van der Waals surface area contributed by atoms with E-state index in [1.807, 2.05) is 0 Å². The maximum atomic E-state index is 12.6. The third kappa shape index (κ3) is 71.3. The number of rotatable bonds is 74. The van der Waals surface area contributed by atoms with E-state index in [4.69, 9.17) is 4.74 Å². The van der Waals surface area contributed by atoms with Crippen molar-refractivity contribution in [2.75, 3.05) is 13.2 Å². The van der Waals surface area contributed by atoms with Gasteiger partial charge >= 0.3 is 5.97 Å². The molecule has 6 nitrogen and oxygen atoms in total. The monoisotopic (exact) mass is 1200 g/mol. The van der Waals surface area contributed by atoms with Gasteiger partial charge in [0.2, 0.25) is 5.91 Å². The maximum Gasteiger partial charge on any atom is 0.305 e. The second-order valence-corrected chi connectivity index (χ2v) is 27.0. The summed E-state index contributed by atoms with van der Waals surface area (Å²) in [6.45, 7) is 5.00. The first kappa shape index (κ1) is 83.3. The van der Waals surface area contributed by atoms with E-state index in [0.717, 1.165) is 38.5 Å². The molecule has 504 valence electrons. The van der Waals surface area contributed by atoms with Gasteiger partial charge in [-0.25, -0.2) is 0 Å². The Morgan fingerprint density at radius 2 is 0.553 bits per heavy atom. The van der Waals surface area contributed by atoms with E-state index in [1.54, 1.807) is 0 Å². The van der Waals surface area contributed by atoms with Gasteiger partial charge in [0.1, 0.15) is 0 Å². The van der Waals surface area contributed by atoms with Crippen molar-refractivity contribution in [3.05, 3.63) is 24.3 Å². The molecule has 0 aromatic rings. The van der Waals surface area contributed by atoms with Crippen molar-refractivity contribution in [3.8, 4) is 0 Å². The van der Waals surface area contributed by atoms with Crippen molar-refractivity contribution in [2.24, 2.45) is 0 Å². The standard InChI is InChI=1S/C79H153NO5/c1-3-5-7-9-11-13-15-17-19-21-23-24-29-32-36-39-43-47-51-55-59-63-67-71-77(82)76(75-81)80-78(83)72-68-64-60-56-52-48-44-40-37-33-30-27-25-26-28-31-34-38-42-46-50-54-58-62-66-70-74-85-79(84)73-69-65-61-57-53-49-45-41-35-22-20-18-16-14-12-10-8-6-4-2/h18,20,25,27,76-77,81-82H,3-17,19,21-24,26,28-75H2,1-2H3,(H,80,83)/b20-18-,27-25-. The van der Waals surface area contributed by atoms with E-state index in [2.05, 4.69) is 43.5 Å². The van der Waals surface area contributed by atoms with Crippen molar-refractivity contribution in [2.45, 2.75) is 456 Å². The highest BCUT2D eigenvalue weighted by atomic mass is 16.5. The van der Waals surface area contributed by atoms with Crippen LogP contribution in [0.4, 0.5) is 0 Å². The molecule has 0 bridgehead atoms. The normalized spacial score (nSPS) is 12.6. The Kier molecular flexibility index (Phi) is 73.3. The molecule has 0 aromatic heterocycles. The summed E-state index contributed by atoms with van der Waals surface area (Å²) in [5.41, 5.74) is 0. The van der Waals surface area contributed by atoms with Crippen LogP contribution in [0.25, 0.3) is 0 Å². The Hall–Kier alpha value is -1.66. The van der Waals surface area contributed by atoms with Crippen LogP contribution in [0.1, 0.15) is 444 Å². The molecule has 3 N–H and O–H groups in total. The van der Waals surface area contributed by atoms with Crippen LogP contribution in [0.3, 0.4) is 0 Å². The number of carbonyl (C=O) groups excluding carboxylic acids is 2. The average molecular weight is 1200 g/mol. The highest BCUT2D eigenvalue weighted by Crippen LogP contribution is 2.20. The minimum Gasteiger partial charge on any atom is -0.466 e. The molecule has 0 aliphatic carbocycles. The number of esters is 1. The van der Waals surface area contributed by atoms with Crippen molar-refractivity contribution in [3.63, 3.8) is 0 Å². The Morgan fingerprint density at radius 1 is 0.318 bits per heavy atom. The predicted octanol–water partition coefficient (Wildman–Crippen LogP) is 25.7. The van der Waals surface area contributed by atoms with E-state index in [1.165, 1.54) is 372 Å². The van der Waals surface area contributed by atoms with E-state index >= 15 is 0 Å². The van der Waals surface area contributed by atoms with E-state index in [0.29, 0.717) is 25.9 Å². The smallest absolute Gasteiger partial charge is 0.305 e. The first-order valence-electron chi connectivity index (χ1n) is 39.1. The third-order valence-electron chi connectivity index (χ3n) is 18.5. The fourth-order valence-corrected chi connectivity index (χ4v) is 12.5. The van der Waals surface area contributed by atoms with Crippen LogP contribution in [0.2, 0.25) is 0 Å². The molecule has 2 unspecified atom stereocenters. The van der Waals surface area contributed by atoms with Crippen LogP contribution < -0.4 is 5.32 Å². The summed E-state index contributed by atoms with van der Waals surface area (Å²) in [5.74, 6) is -0.0164. The molecule has 0 fully saturated rings. The van der Waals surface area contributed by atoms with Gasteiger partial charge in [0.15, 0.2) is 0 Å². The summed E-state index contributed by atoms with van der Waals surface area (Å²) >= 11 is 0. The van der Waals surface area contributed by atoms with Crippen LogP contribution >= 0.6 is 0 Å². The molecular formula is C79H153NO5. The molecule has 0 aromatic carbocycles. The summed E-state index contributed by atoms with van der Waals surface area (Å²) in [5, 5.41) is 23.5. The number of hydrogen-bond donors (Lipinski definition) is 3. The van der Waals surface area contributed by atoms with Crippen molar-refractivity contribution in [1.29, 1.82) is 0 Å². The molecule has 0 heterocycles. The molecule has 0 aliphatic heterocycles. The number of nitrogens with one attached hydrogen (secondary N) is 1. The van der Waals surface area contributed by atoms with Gasteiger partial charge in [-0.3, -0.25) is 9.59 Å². The zero-order valence-corrected chi connectivity index (χ0v) is 57.9. The fraction of sp³-hybridized carbons (Fsp3) is 0.924. The Labute approximate surface area is 532 Å². The van der Waals surface area contributed by atoms with Gasteiger partial charge in [0.05, 0.1) is 25.4 Å². The molecule has 0 spiro atoms. The number of aliphatic hydroxyl groups is 2. The molecule has 0 rings (SSSR count). The lowest BCUT2D eigenvalue weighted by Crippen LogP contribution is -2.45. The van der Waals surface area contributed by atoms with Gasteiger partial charge in [-0.15, -0.1) is 0 Å². The second kappa shape index (κ2) is 74.8. The quantitative estimate of drug-likeness (QED) is 0.0320. The van der Waals surface area contributed by atoms with Gasteiger partial charge in [-0.1, -0.05) is 378 Å². The second-order valence-electron chi connectivity index (χ2n) is 27.0. The summed E-state index contributed by atoms with van der Waals surface area (Å²) < 4.78 is 5.51.